The molecule has 0 atom stereocenters. The molecule has 11 nitrogen and oxygen atoms in total. The summed E-state index contributed by atoms with van der Waals surface area (Å²) in [7, 11) is 0. The lowest BCUT2D eigenvalue weighted by Gasteiger charge is -2.15. The lowest BCUT2D eigenvalue weighted by atomic mass is 10.1. The maximum Gasteiger partial charge on any atom is 0.307 e. The molecule has 0 fully saturated rings. The molecular formula is C21H15N3O8. The first-order valence-electron chi connectivity index (χ1n) is 9.55. The lowest BCUT2D eigenvalue weighted by Crippen LogP contribution is -2.34. The van der Waals surface area contributed by atoms with Gasteiger partial charge in [0, 0.05) is 12.6 Å². The number of ether oxygens (including phenoxy) is 1. The number of nitro benzene ring substituents is 1. The van der Waals surface area contributed by atoms with Crippen LogP contribution in [0.3, 0.4) is 0 Å². The number of imide groups is 2. The van der Waals surface area contributed by atoms with Gasteiger partial charge in [0.15, 0.2) is 0 Å². The Morgan fingerprint density at radius 1 is 0.812 bits per heavy atom. The summed E-state index contributed by atoms with van der Waals surface area (Å²) in [6.07, 6.45) is -0.346. The molecule has 0 saturated carbocycles. The number of carbonyl (C=O) groups excluding carboxylic acids is 5. The minimum Gasteiger partial charge on any atom is -0.464 e. The molecule has 2 aromatic rings. The maximum atomic E-state index is 12.5. The number of fused-ring (bicyclic) bond motifs is 2. The topological polar surface area (TPSA) is 144 Å². The van der Waals surface area contributed by atoms with Crippen molar-refractivity contribution in [3.63, 3.8) is 0 Å². The van der Waals surface area contributed by atoms with Gasteiger partial charge in [0.25, 0.3) is 29.3 Å². The minimum absolute atomic E-state index is 0.0943. The van der Waals surface area contributed by atoms with Crippen LogP contribution in [0.1, 0.15) is 47.9 Å². The first-order chi connectivity index (χ1) is 15.3. The van der Waals surface area contributed by atoms with Crippen LogP contribution in [0.15, 0.2) is 42.5 Å². The van der Waals surface area contributed by atoms with E-state index in [0.717, 1.165) is 15.9 Å². The third kappa shape index (κ3) is 3.39. The van der Waals surface area contributed by atoms with Crippen LogP contribution in [0.2, 0.25) is 0 Å². The molecule has 162 valence electrons. The molecule has 4 rings (SSSR count). The predicted molar refractivity (Wildman–Crippen MR) is 106 cm³/mol. The van der Waals surface area contributed by atoms with Crippen molar-refractivity contribution < 1.29 is 33.6 Å². The zero-order chi connectivity index (χ0) is 23.0. The summed E-state index contributed by atoms with van der Waals surface area (Å²) in [5, 5.41) is 11.1. The second-order valence-corrected chi connectivity index (χ2v) is 7.00. The fraction of sp³-hybridized carbons (Fsp3) is 0.190. The van der Waals surface area contributed by atoms with Crippen LogP contribution in [0.4, 0.5) is 5.69 Å². The summed E-state index contributed by atoms with van der Waals surface area (Å²) < 4.78 is 5.03. The Kier molecular flexibility index (Phi) is 5.23. The van der Waals surface area contributed by atoms with E-state index < -0.39 is 40.2 Å². The Bertz CT molecular complexity index is 1170. The zero-order valence-electron chi connectivity index (χ0n) is 16.5. The number of amides is 4. The van der Waals surface area contributed by atoms with Gasteiger partial charge >= 0.3 is 5.97 Å². The van der Waals surface area contributed by atoms with Crippen LogP contribution >= 0.6 is 0 Å². The van der Waals surface area contributed by atoms with Gasteiger partial charge in [-0.25, -0.2) is 0 Å². The highest BCUT2D eigenvalue weighted by Crippen LogP contribution is 2.30. The molecule has 0 spiro atoms. The van der Waals surface area contributed by atoms with E-state index in [1.165, 1.54) is 24.3 Å². The molecule has 0 aliphatic carbocycles. The largest absolute Gasteiger partial charge is 0.464 e. The Balaban J connectivity index is 1.31. The third-order valence-electron chi connectivity index (χ3n) is 5.17. The van der Waals surface area contributed by atoms with Gasteiger partial charge in [0.2, 0.25) is 0 Å². The summed E-state index contributed by atoms with van der Waals surface area (Å²) in [5.41, 5.74) is -0.316. The highest BCUT2D eigenvalue weighted by Gasteiger charge is 2.41. The number of esters is 1. The van der Waals surface area contributed by atoms with Crippen LogP contribution in [-0.2, 0) is 9.53 Å². The molecule has 0 saturated heterocycles. The number of benzene rings is 2. The van der Waals surface area contributed by atoms with E-state index in [4.69, 9.17) is 4.74 Å². The van der Waals surface area contributed by atoms with Crippen molar-refractivity contribution in [3.8, 4) is 0 Å². The van der Waals surface area contributed by atoms with Crippen molar-refractivity contribution in [2.45, 2.75) is 6.42 Å². The molecular weight excluding hydrogens is 422 g/mol. The van der Waals surface area contributed by atoms with E-state index >= 15 is 0 Å². The van der Waals surface area contributed by atoms with Crippen molar-refractivity contribution in [2.75, 3.05) is 19.7 Å². The number of hydrogen-bond donors (Lipinski definition) is 0. The maximum absolute atomic E-state index is 12.5. The van der Waals surface area contributed by atoms with Crippen LogP contribution in [0, 0.1) is 10.1 Å². The van der Waals surface area contributed by atoms with E-state index in [9.17, 15) is 34.1 Å². The summed E-state index contributed by atoms with van der Waals surface area (Å²) >= 11 is 0. The van der Waals surface area contributed by atoms with Gasteiger partial charge in [-0.15, -0.1) is 0 Å². The quantitative estimate of drug-likeness (QED) is 0.274. The first kappa shape index (κ1) is 20.8. The van der Waals surface area contributed by atoms with E-state index in [-0.39, 0.29) is 48.4 Å². The number of nitro groups is 1. The number of hydrogen-bond acceptors (Lipinski definition) is 8. The molecule has 0 radical (unpaired) electrons. The Morgan fingerprint density at radius 3 is 2.00 bits per heavy atom. The molecule has 2 aromatic carbocycles. The lowest BCUT2D eigenvalue weighted by molar-refractivity contribution is -0.385. The van der Waals surface area contributed by atoms with E-state index in [1.807, 2.05) is 0 Å². The van der Waals surface area contributed by atoms with Crippen molar-refractivity contribution in [1.29, 1.82) is 0 Å². The molecule has 0 aromatic heterocycles. The smallest absolute Gasteiger partial charge is 0.307 e. The van der Waals surface area contributed by atoms with Crippen molar-refractivity contribution >= 4 is 35.3 Å². The predicted octanol–water partition coefficient (Wildman–Crippen LogP) is 1.42. The molecule has 4 amide bonds. The van der Waals surface area contributed by atoms with Crippen LogP contribution in [-0.4, -0.2) is 64.0 Å². The summed E-state index contributed by atoms with van der Waals surface area (Å²) in [4.78, 5) is 73.6. The van der Waals surface area contributed by atoms with Gasteiger partial charge in [-0.3, -0.25) is 43.9 Å². The van der Waals surface area contributed by atoms with E-state index in [0.29, 0.717) is 0 Å². The van der Waals surface area contributed by atoms with Crippen molar-refractivity contribution in [3.05, 3.63) is 74.8 Å². The molecule has 32 heavy (non-hydrogen) atoms. The molecule has 0 bridgehead atoms. The monoisotopic (exact) mass is 437 g/mol. The second-order valence-electron chi connectivity index (χ2n) is 7.00. The van der Waals surface area contributed by atoms with Gasteiger partial charge in [-0.1, -0.05) is 18.2 Å². The second kappa shape index (κ2) is 8.02. The number of rotatable bonds is 7. The van der Waals surface area contributed by atoms with Gasteiger partial charge in [0.05, 0.1) is 34.6 Å². The van der Waals surface area contributed by atoms with Gasteiger partial charge in [0.1, 0.15) is 12.2 Å². The van der Waals surface area contributed by atoms with Crippen LogP contribution < -0.4 is 0 Å². The van der Waals surface area contributed by atoms with Crippen LogP contribution in [0.5, 0.6) is 0 Å². The third-order valence-corrected chi connectivity index (χ3v) is 5.17. The summed E-state index contributed by atoms with van der Waals surface area (Å²) in [6, 6.07) is 10.1. The Labute approximate surface area is 180 Å². The molecule has 2 heterocycles. The number of nitrogens with zero attached hydrogens (tertiary/aromatic N) is 3. The Hall–Kier alpha value is -4.41. The average molecular weight is 437 g/mol. The fourth-order valence-electron chi connectivity index (χ4n) is 3.64. The van der Waals surface area contributed by atoms with Crippen LogP contribution in [0.25, 0.3) is 0 Å². The fourth-order valence-corrected chi connectivity index (χ4v) is 3.64. The minimum atomic E-state index is -0.851. The summed E-state index contributed by atoms with van der Waals surface area (Å²) in [5.74, 6) is -3.29. The summed E-state index contributed by atoms with van der Waals surface area (Å²) in [6.45, 7) is -0.718. The van der Waals surface area contributed by atoms with Gasteiger partial charge in [-0.2, -0.15) is 0 Å². The molecule has 2 aliphatic heterocycles. The molecule has 0 unspecified atom stereocenters. The van der Waals surface area contributed by atoms with Gasteiger partial charge in [-0.05, 0) is 18.2 Å². The van der Waals surface area contributed by atoms with Crippen molar-refractivity contribution in [2.24, 2.45) is 0 Å². The van der Waals surface area contributed by atoms with Gasteiger partial charge < -0.3 is 4.74 Å². The zero-order valence-corrected chi connectivity index (χ0v) is 16.5. The normalized spacial score (nSPS) is 14.6. The highest BCUT2D eigenvalue weighted by molar-refractivity contribution is 6.23. The average Bonchev–Trinajstić information content (AvgIpc) is 3.17. The molecule has 0 N–H and O–H groups in total. The standard InChI is InChI=1S/C21H15N3O8/c25-16(32-11-10-23-18(26)12-4-1-2-5-13(12)19(23)27)8-9-22-20(28)14-6-3-7-15(24(30)31)17(14)21(22)29/h1-7H,8-11H2. The number of carbonyl (C=O) groups is 5. The molecule has 11 heteroatoms. The molecule has 2 aliphatic rings. The first-order valence-corrected chi connectivity index (χ1v) is 9.55. The van der Waals surface area contributed by atoms with E-state index in [1.54, 1.807) is 12.1 Å². The van der Waals surface area contributed by atoms with Crippen molar-refractivity contribution in [1.82, 2.24) is 9.80 Å². The SMILES string of the molecule is O=C(CCN1C(=O)c2cccc([N+](=O)[O-])c2C1=O)OCCN1C(=O)c2ccccc2C1=O. The highest BCUT2D eigenvalue weighted by atomic mass is 16.6. The Morgan fingerprint density at radius 2 is 1.38 bits per heavy atom. The van der Waals surface area contributed by atoms with E-state index in [2.05, 4.69) is 0 Å².